The van der Waals surface area contributed by atoms with Gasteiger partial charge in [-0.05, 0) is 19.1 Å². The first-order valence-corrected chi connectivity index (χ1v) is 3.08. The summed E-state index contributed by atoms with van der Waals surface area (Å²) in [7, 11) is 0. The van der Waals surface area contributed by atoms with Gasteiger partial charge in [0.1, 0.15) is 0 Å². The quantitative estimate of drug-likeness (QED) is 0.425. The number of nitrogens with two attached hydrogens (primary N) is 2. The Hall–Kier alpha value is -1.65. The van der Waals surface area contributed by atoms with E-state index in [4.69, 9.17) is 11.5 Å². The van der Waals surface area contributed by atoms with Crippen LogP contribution in [-0.4, -0.2) is 16.2 Å². The van der Waals surface area contributed by atoms with Gasteiger partial charge in [0.15, 0.2) is 11.8 Å². The van der Waals surface area contributed by atoms with Crippen LogP contribution in [0.3, 0.4) is 0 Å². The lowest BCUT2D eigenvalue weighted by molar-refractivity contribution is 0.975. The molecule has 0 saturated carbocycles. The summed E-state index contributed by atoms with van der Waals surface area (Å²) in [6, 6.07) is 3.48. The molecule has 0 aliphatic carbocycles. The van der Waals surface area contributed by atoms with Crippen molar-refractivity contribution in [2.45, 2.75) is 6.92 Å². The summed E-state index contributed by atoms with van der Waals surface area (Å²) in [6.07, 6.45) is 0. The van der Waals surface area contributed by atoms with Crippen LogP contribution in [0.25, 0.3) is 0 Å². The van der Waals surface area contributed by atoms with Gasteiger partial charge in [-0.1, -0.05) is 0 Å². The van der Waals surface area contributed by atoms with Gasteiger partial charge in [0.25, 0.3) is 0 Å². The fourth-order valence-electron chi connectivity index (χ4n) is 0.584. The molecule has 1 heterocycles. The predicted molar refractivity (Wildman–Crippen MR) is 42.2 cm³/mol. The second kappa shape index (κ2) is 2.96. The lowest BCUT2D eigenvalue weighted by atomic mass is 10.4. The van der Waals surface area contributed by atoms with Gasteiger partial charge in [-0.15, -0.1) is 5.10 Å². The van der Waals surface area contributed by atoms with Gasteiger partial charge in [-0.3, -0.25) is 0 Å². The van der Waals surface area contributed by atoms with Gasteiger partial charge in [0.2, 0.25) is 0 Å². The number of aryl methyl sites for hydroxylation is 1. The van der Waals surface area contributed by atoms with Gasteiger partial charge in [-0.25, -0.2) is 0 Å². The Labute approximate surface area is 64.1 Å². The van der Waals surface area contributed by atoms with Crippen molar-refractivity contribution in [1.82, 2.24) is 10.2 Å². The van der Waals surface area contributed by atoms with Crippen LogP contribution < -0.4 is 11.5 Å². The second-order valence-electron chi connectivity index (χ2n) is 2.07. The minimum Gasteiger partial charge on any atom is -0.370 e. The third kappa shape index (κ3) is 2.21. The van der Waals surface area contributed by atoms with Crippen LogP contribution in [0, 0.1) is 6.92 Å². The molecule has 0 atom stereocenters. The largest absolute Gasteiger partial charge is 0.370 e. The maximum absolute atomic E-state index is 5.12. The van der Waals surface area contributed by atoms with E-state index in [9.17, 15) is 0 Å². The number of hydrogen-bond donors (Lipinski definition) is 2. The molecular formula is C6H9N5. The maximum Gasteiger partial charge on any atom is 0.192 e. The number of nitrogens with zero attached hydrogens (tertiary/aromatic N) is 3. The van der Waals surface area contributed by atoms with Crippen molar-refractivity contribution in [2.75, 3.05) is 0 Å². The molecule has 0 saturated heterocycles. The molecule has 0 fully saturated rings. The highest BCUT2D eigenvalue weighted by Gasteiger charge is 1.90. The minimum atomic E-state index is -0.0110. The molecule has 0 aliphatic rings. The highest BCUT2D eigenvalue weighted by Crippen LogP contribution is 2.03. The van der Waals surface area contributed by atoms with Crippen molar-refractivity contribution in [1.29, 1.82) is 0 Å². The Morgan fingerprint density at radius 3 is 2.55 bits per heavy atom. The SMILES string of the molecule is Cc1ccc(N=C(N)N)nn1. The van der Waals surface area contributed by atoms with E-state index in [1.165, 1.54) is 0 Å². The van der Waals surface area contributed by atoms with E-state index in [-0.39, 0.29) is 5.96 Å². The molecule has 0 unspecified atom stereocenters. The first-order valence-electron chi connectivity index (χ1n) is 3.08. The molecule has 1 aromatic rings. The summed E-state index contributed by atoms with van der Waals surface area (Å²) in [5.41, 5.74) is 11.1. The number of rotatable bonds is 1. The van der Waals surface area contributed by atoms with E-state index in [0.29, 0.717) is 5.82 Å². The molecule has 1 aromatic heterocycles. The van der Waals surface area contributed by atoms with Crippen LogP contribution in [0.15, 0.2) is 17.1 Å². The van der Waals surface area contributed by atoms with Gasteiger partial charge in [0, 0.05) is 0 Å². The number of aromatic nitrogens is 2. The standard InChI is InChI=1S/C6H9N5/c1-4-2-3-5(11-10-4)9-6(7)8/h2-3H,1H3,(H4,7,8,9,11). The van der Waals surface area contributed by atoms with Crippen molar-refractivity contribution in [3.63, 3.8) is 0 Å². The Morgan fingerprint density at radius 1 is 1.36 bits per heavy atom. The van der Waals surface area contributed by atoms with Crippen molar-refractivity contribution < 1.29 is 0 Å². The molecule has 0 aliphatic heterocycles. The molecule has 1 rings (SSSR count). The first kappa shape index (κ1) is 7.46. The molecule has 5 nitrogen and oxygen atoms in total. The Balaban J connectivity index is 2.91. The lowest BCUT2D eigenvalue weighted by Crippen LogP contribution is -2.22. The highest BCUT2D eigenvalue weighted by atomic mass is 15.2. The fourth-order valence-corrected chi connectivity index (χ4v) is 0.584. The average molecular weight is 151 g/mol. The molecule has 0 bridgehead atoms. The molecule has 5 heteroatoms. The van der Waals surface area contributed by atoms with Gasteiger partial charge >= 0.3 is 0 Å². The van der Waals surface area contributed by atoms with Crippen LogP contribution in [0.4, 0.5) is 5.82 Å². The van der Waals surface area contributed by atoms with E-state index in [1.807, 2.05) is 6.92 Å². The smallest absolute Gasteiger partial charge is 0.192 e. The molecule has 0 aromatic carbocycles. The molecule has 0 spiro atoms. The van der Waals surface area contributed by atoms with E-state index >= 15 is 0 Å². The van der Waals surface area contributed by atoms with E-state index in [1.54, 1.807) is 12.1 Å². The molecule has 11 heavy (non-hydrogen) atoms. The molecule has 58 valence electrons. The fraction of sp³-hybridized carbons (Fsp3) is 0.167. The number of aliphatic imine (C=N–C) groups is 1. The summed E-state index contributed by atoms with van der Waals surface area (Å²) in [4.78, 5) is 3.70. The summed E-state index contributed by atoms with van der Waals surface area (Å²) >= 11 is 0. The molecule has 0 amide bonds. The zero-order chi connectivity index (χ0) is 8.27. The third-order valence-electron chi connectivity index (χ3n) is 1.03. The summed E-state index contributed by atoms with van der Waals surface area (Å²) in [6.45, 7) is 1.84. The third-order valence-corrected chi connectivity index (χ3v) is 1.03. The van der Waals surface area contributed by atoms with E-state index in [2.05, 4.69) is 15.2 Å². The van der Waals surface area contributed by atoms with Crippen molar-refractivity contribution in [2.24, 2.45) is 16.5 Å². The second-order valence-corrected chi connectivity index (χ2v) is 2.07. The zero-order valence-corrected chi connectivity index (χ0v) is 6.15. The average Bonchev–Trinajstić information content (AvgIpc) is 1.93. The maximum atomic E-state index is 5.12. The minimum absolute atomic E-state index is 0.0110. The molecule has 4 N–H and O–H groups in total. The highest BCUT2D eigenvalue weighted by molar-refractivity contribution is 5.78. The van der Waals surface area contributed by atoms with Gasteiger partial charge in [-0.2, -0.15) is 10.1 Å². The topological polar surface area (TPSA) is 90.2 Å². The Kier molecular flexibility index (Phi) is 2.00. The summed E-state index contributed by atoms with van der Waals surface area (Å²) < 4.78 is 0. The van der Waals surface area contributed by atoms with E-state index in [0.717, 1.165) is 5.69 Å². The van der Waals surface area contributed by atoms with Crippen LogP contribution in [0.2, 0.25) is 0 Å². The first-order chi connectivity index (χ1) is 5.18. The van der Waals surface area contributed by atoms with Gasteiger partial charge < -0.3 is 11.5 Å². The number of hydrogen-bond acceptors (Lipinski definition) is 3. The van der Waals surface area contributed by atoms with Crippen molar-refractivity contribution in [3.05, 3.63) is 17.8 Å². The van der Waals surface area contributed by atoms with Crippen LogP contribution in [0.5, 0.6) is 0 Å². The normalized spacial score (nSPS) is 9.18. The zero-order valence-electron chi connectivity index (χ0n) is 6.15. The lowest BCUT2D eigenvalue weighted by Gasteiger charge is -1.92. The van der Waals surface area contributed by atoms with Crippen molar-refractivity contribution in [3.8, 4) is 0 Å². The summed E-state index contributed by atoms with van der Waals surface area (Å²) in [5.74, 6) is 0.416. The van der Waals surface area contributed by atoms with Crippen LogP contribution in [-0.2, 0) is 0 Å². The Bertz CT molecular complexity index is 259. The van der Waals surface area contributed by atoms with Crippen LogP contribution >= 0.6 is 0 Å². The van der Waals surface area contributed by atoms with Crippen LogP contribution in [0.1, 0.15) is 5.69 Å². The van der Waals surface area contributed by atoms with E-state index < -0.39 is 0 Å². The van der Waals surface area contributed by atoms with Gasteiger partial charge in [0.05, 0.1) is 5.69 Å². The van der Waals surface area contributed by atoms with Crippen molar-refractivity contribution >= 4 is 11.8 Å². The number of guanidine groups is 1. The molecule has 0 radical (unpaired) electrons. The Morgan fingerprint density at radius 2 is 2.09 bits per heavy atom. The predicted octanol–water partition coefficient (Wildman–Crippen LogP) is -0.310. The monoisotopic (exact) mass is 151 g/mol. The molecular weight excluding hydrogens is 142 g/mol. The summed E-state index contributed by atoms with van der Waals surface area (Å²) in [5, 5.41) is 7.48.